The van der Waals surface area contributed by atoms with E-state index in [1.165, 1.54) is 11.1 Å². The molecule has 5 rings (SSSR count). The number of phenolic OH excluding ortho intramolecular Hbond substituents is 2. The fourth-order valence-corrected chi connectivity index (χ4v) is 8.89. The van der Waals surface area contributed by atoms with Crippen LogP contribution in [0, 0.1) is 34.5 Å². The average Bonchev–Trinajstić information content (AvgIpc) is 2.75. The number of allylic oxidation sites excluding steroid dienone is 2. The predicted octanol–water partition coefficient (Wildman–Crippen LogP) is 6.64. The van der Waals surface area contributed by atoms with Crippen molar-refractivity contribution in [1.82, 2.24) is 0 Å². The lowest BCUT2D eigenvalue weighted by molar-refractivity contribution is -0.177. The Bertz CT molecular complexity index is 1090. The van der Waals surface area contributed by atoms with Gasteiger partial charge in [0.2, 0.25) is 0 Å². The fraction of sp³-hybridized carbons (Fsp3) is 0.690. The molecule has 0 radical (unpaired) electrons. The standard InChI is InChI=1S/C29H40O4/c1-17-18-7-8-21-27(4,19(18)15-20(30)23(17)31)12-14-29(6)22-16-26(3,24(32)33)10-9-25(22,2)11-13-28(21,29)5/h8,15,22,30-31H,7,9-14,16H2,1-6H3,(H,32,33)/t22-,25-,26-,27-,28-,29-/m1/s1. The minimum Gasteiger partial charge on any atom is -0.504 e. The monoisotopic (exact) mass is 452 g/mol. The van der Waals surface area contributed by atoms with Gasteiger partial charge < -0.3 is 15.3 Å². The molecule has 1 aromatic carbocycles. The highest BCUT2D eigenvalue weighted by Gasteiger charge is 2.67. The lowest BCUT2D eigenvalue weighted by Gasteiger charge is -2.69. The number of aromatic hydroxyl groups is 2. The highest BCUT2D eigenvalue weighted by atomic mass is 16.4. The van der Waals surface area contributed by atoms with Crippen molar-refractivity contribution in [2.75, 3.05) is 0 Å². The van der Waals surface area contributed by atoms with E-state index in [0.717, 1.165) is 62.5 Å². The number of carboxylic acids is 1. The molecule has 180 valence electrons. The Morgan fingerprint density at radius 3 is 2.30 bits per heavy atom. The van der Waals surface area contributed by atoms with Gasteiger partial charge in [0, 0.05) is 5.41 Å². The number of carbonyl (C=O) groups is 1. The van der Waals surface area contributed by atoms with Crippen LogP contribution in [0.3, 0.4) is 0 Å². The SMILES string of the molecule is Cc1c(O)c(O)cc2c1CC=C1[C@]2(C)CC[C@]2(C)[C@@H]3C[C@](C)(C(=O)O)CC[C@]3(C)CC[C@]12C. The van der Waals surface area contributed by atoms with Gasteiger partial charge in [0.15, 0.2) is 11.5 Å². The van der Waals surface area contributed by atoms with Crippen molar-refractivity contribution in [3.05, 3.63) is 34.4 Å². The van der Waals surface area contributed by atoms with Gasteiger partial charge >= 0.3 is 5.97 Å². The molecule has 0 heterocycles. The zero-order valence-electron chi connectivity index (χ0n) is 21.1. The molecule has 0 amide bonds. The summed E-state index contributed by atoms with van der Waals surface area (Å²) in [7, 11) is 0. The lowest BCUT2D eigenvalue weighted by atomic mass is 9.34. The molecule has 4 aliphatic carbocycles. The molecule has 0 saturated heterocycles. The van der Waals surface area contributed by atoms with Gasteiger partial charge in [-0.25, -0.2) is 0 Å². The third-order valence-corrected chi connectivity index (χ3v) is 11.6. The van der Waals surface area contributed by atoms with Crippen LogP contribution in [0.5, 0.6) is 11.5 Å². The van der Waals surface area contributed by atoms with Crippen LogP contribution in [-0.2, 0) is 16.6 Å². The summed E-state index contributed by atoms with van der Waals surface area (Å²) < 4.78 is 0. The molecule has 0 aromatic heterocycles. The predicted molar refractivity (Wildman–Crippen MR) is 130 cm³/mol. The van der Waals surface area contributed by atoms with Gasteiger partial charge in [-0.1, -0.05) is 39.3 Å². The molecule has 4 heteroatoms. The second-order valence-electron chi connectivity index (χ2n) is 13.1. The molecule has 33 heavy (non-hydrogen) atoms. The number of hydrogen-bond donors (Lipinski definition) is 3. The minimum absolute atomic E-state index is 0.00431. The van der Waals surface area contributed by atoms with Crippen molar-refractivity contribution in [2.45, 2.75) is 98.3 Å². The highest BCUT2D eigenvalue weighted by molar-refractivity contribution is 5.74. The molecule has 3 fully saturated rings. The quantitative estimate of drug-likeness (QED) is 0.329. The van der Waals surface area contributed by atoms with Crippen LogP contribution in [0.1, 0.15) is 96.3 Å². The summed E-state index contributed by atoms with van der Waals surface area (Å²) in [5.74, 6) is -0.282. The van der Waals surface area contributed by atoms with Crippen molar-refractivity contribution in [1.29, 1.82) is 0 Å². The van der Waals surface area contributed by atoms with Crippen molar-refractivity contribution in [3.8, 4) is 11.5 Å². The summed E-state index contributed by atoms with van der Waals surface area (Å²) in [5.41, 5.74) is 4.00. The molecule has 3 saturated carbocycles. The molecule has 3 N–H and O–H groups in total. The topological polar surface area (TPSA) is 77.8 Å². The van der Waals surface area contributed by atoms with Crippen LogP contribution in [0.2, 0.25) is 0 Å². The van der Waals surface area contributed by atoms with E-state index in [1.54, 1.807) is 0 Å². The van der Waals surface area contributed by atoms with E-state index in [1.807, 2.05) is 19.9 Å². The molecule has 0 spiro atoms. The van der Waals surface area contributed by atoms with Gasteiger partial charge in [-0.2, -0.15) is 0 Å². The molecule has 4 aliphatic rings. The van der Waals surface area contributed by atoms with Gasteiger partial charge in [-0.15, -0.1) is 0 Å². The second kappa shape index (κ2) is 6.58. The maximum Gasteiger partial charge on any atom is 0.309 e. The van der Waals surface area contributed by atoms with Crippen LogP contribution in [0.15, 0.2) is 17.7 Å². The summed E-state index contributed by atoms with van der Waals surface area (Å²) in [6.07, 6.45) is 10.0. The summed E-state index contributed by atoms with van der Waals surface area (Å²) in [6.45, 7) is 13.5. The van der Waals surface area contributed by atoms with E-state index >= 15 is 0 Å². The van der Waals surface area contributed by atoms with Crippen LogP contribution in [0.4, 0.5) is 0 Å². The van der Waals surface area contributed by atoms with Crippen LogP contribution < -0.4 is 0 Å². The number of benzene rings is 1. The lowest BCUT2D eigenvalue weighted by Crippen LogP contribution is -2.62. The molecule has 0 bridgehead atoms. The molecular formula is C29H40O4. The van der Waals surface area contributed by atoms with E-state index in [0.29, 0.717) is 5.92 Å². The van der Waals surface area contributed by atoms with E-state index < -0.39 is 11.4 Å². The van der Waals surface area contributed by atoms with E-state index in [-0.39, 0.29) is 33.2 Å². The van der Waals surface area contributed by atoms with Gasteiger partial charge in [0.1, 0.15) is 0 Å². The third kappa shape index (κ3) is 2.67. The Labute approximate surface area is 198 Å². The van der Waals surface area contributed by atoms with Crippen molar-refractivity contribution < 1.29 is 20.1 Å². The highest BCUT2D eigenvalue weighted by Crippen LogP contribution is 2.74. The Hall–Kier alpha value is -1.97. The number of fused-ring (bicyclic) bond motifs is 7. The first-order valence-electron chi connectivity index (χ1n) is 12.7. The van der Waals surface area contributed by atoms with Crippen LogP contribution >= 0.6 is 0 Å². The van der Waals surface area contributed by atoms with Gasteiger partial charge in [0.05, 0.1) is 5.41 Å². The Morgan fingerprint density at radius 1 is 0.970 bits per heavy atom. The van der Waals surface area contributed by atoms with Crippen molar-refractivity contribution in [2.24, 2.45) is 27.6 Å². The molecule has 6 atom stereocenters. The molecular weight excluding hydrogens is 412 g/mol. The van der Waals surface area contributed by atoms with Crippen molar-refractivity contribution >= 4 is 5.97 Å². The summed E-state index contributed by atoms with van der Waals surface area (Å²) in [5, 5.41) is 30.9. The molecule has 4 nitrogen and oxygen atoms in total. The van der Waals surface area contributed by atoms with E-state index in [2.05, 4.69) is 33.8 Å². The number of aliphatic carboxylic acids is 1. The number of phenols is 2. The summed E-state index contributed by atoms with van der Waals surface area (Å²) >= 11 is 0. The molecule has 0 unspecified atom stereocenters. The maximum absolute atomic E-state index is 12.3. The van der Waals surface area contributed by atoms with Crippen LogP contribution in [-0.4, -0.2) is 21.3 Å². The van der Waals surface area contributed by atoms with E-state index in [4.69, 9.17) is 0 Å². The zero-order chi connectivity index (χ0) is 24.2. The van der Waals surface area contributed by atoms with Crippen molar-refractivity contribution in [3.63, 3.8) is 0 Å². The normalized spacial score (nSPS) is 44.1. The van der Waals surface area contributed by atoms with Gasteiger partial charge in [-0.3, -0.25) is 4.79 Å². The largest absolute Gasteiger partial charge is 0.504 e. The number of rotatable bonds is 1. The Morgan fingerprint density at radius 2 is 1.64 bits per heavy atom. The van der Waals surface area contributed by atoms with Gasteiger partial charge in [0.25, 0.3) is 0 Å². The van der Waals surface area contributed by atoms with E-state index in [9.17, 15) is 20.1 Å². The smallest absolute Gasteiger partial charge is 0.309 e. The average molecular weight is 453 g/mol. The van der Waals surface area contributed by atoms with Crippen LogP contribution in [0.25, 0.3) is 0 Å². The second-order valence-corrected chi connectivity index (χ2v) is 13.1. The zero-order valence-corrected chi connectivity index (χ0v) is 21.1. The molecule has 0 aliphatic heterocycles. The third-order valence-electron chi connectivity index (χ3n) is 11.6. The van der Waals surface area contributed by atoms with Gasteiger partial charge in [-0.05, 0) is 110 Å². The first-order chi connectivity index (χ1) is 15.2. The Balaban J connectivity index is 1.63. The molecule has 1 aromatic rings. The summed E-state index contributed by atoms with van der Waals surface area (Å²) in [4.78, 5) is 12.3. The summed E-state index contributed by atoms with van der Waals surface area (Å²) in [6, 6.07) is 1.81. The first-order valence-corrected chi connectivity index (χ1v) is 12.7. The fourth-order valence-electron chi connectivity index (χ4n) is 8.89. The maximum atomic E-state index is 12.3. The Kier molecular flexibility index (Phi) is 4.55. The minimum atomic E-state index is -0.641. The first kappa shape index (κ1) is 22.8. The number of hydrogen-bond acceptors (Lipinski definition) is 3. The number of carboxylic acid groups (broad SMARTS) is 1.